The van der Waals surface area contributed by atoms with Crippen molar-refractivity contribution in [1.82, 2.24) is 10.6 Å². The maximum absolute atomic E-state index is 12.0. The monoisotopic (exact) mass is 300 g/mol. The quantitative estimate of drug-likeness (QED) is 0.617. The van der Waals surface area contributed by atoms with Crippen molar-refractivity contribution in [2.45, 2.75) is 48.9 Å². The standard InChI is InChI=1S/C14H21ClN2O3/c1-20-11(18)7-16-12(19)17-14-5-9-2-10(6-14)4-13(15,3-9)8-14/h9-10H,2-8H2,1H3,(H2,16,17,19)/t9-,10-,13?,14?/m0/s1. The minimum Gasteiger partial charge on any atom is -0.468 e. The number of hydrogen-bond donors (Lipinski definition) is 2. The van der Waals surface area contributed by atoms with Gasteiger partial charge in [0.15, 0.2) is 0 Å². The molecule has 0 aromatic heterocycles. The molecule has 4 aliphatic rings. The fourth-order valence-corrected chi connectivity index (χ4v) is 5.50. The van der Waals surface area contributed by atoms with Gasteiger partial charge in [-0.15, -0.1) is 11.6 Å². The summed E-state index contributed by atoms with van der Waals surface area (Å²) in [5, 5.41) is 5.64. The first kappa shape index (κ1) is 14.0. The molecule has 2 N–H and O–H groups in total. The van der Waals surface area contributed by atoms with E-state index in [1.807, 2.05) is 0 Å². The third kappa shape index (κ3) is 2.60. The van der Waals surface area contributed by atoms with Crippen molar-refractivity contribution in [3.63, 3.8) is 0 Å². The SMILES string of the molecule is COC(=O)CNC(=O)NC12C[C@H]3C[C@@H](CC(Cl)(C3)C1)C2. The highest BCUT2D eigenvalue weighted by Gasteiger charge is 2.57. The number of methoxy groups -OCH3 is 1. The Morgan fingerprint density at radius 2 is 1.90 bits per heavy atom. The molecule has 0 aromatic rings. The van der Waals surface area contributed by atoms with Gasteiger partial charge in [0.1, 0.15) is 6.54 Å². The molecule has 0 heterocycles. The van der Waals surface area contributed by atoms with Crippen molar-refractivity contribution in [3.05, 3.63) is 0 Å². The van der Waals surface area contributed by atoms with Crippen LogP contribution < -0.4 is 10.6 Å². The van der Waals surface area contributed by atoms with Gasteiger partial charge in [0.05, 0.1) is 7.11 Å². The lowest BCUT2D eigenvalue weighted by Crippen LogP contribution is -2.65. The number of halogens is 1. The van der Waals surface area contributed by atoms with Gasteiger partial charge in [-0.25, -0.2) is 4.79 Å². The Hall–Kier alpha value is -0.970. The topological polar surface area (TPSA) is 67.4 Å². The Balaban J connectivity index is 1.62. The molecule has 0 spiro atoms. The zero-order valence-corrected chi connectivity index (χ0v) is 12.5. The largest absolute Gasteiger partial charge is 0.468 e. The first-order valence-electron chi connectivity index (χ1n) is 7.24. The van der Waals surface area contributed by atoms with E-state index in [1.165, 1.54) is 13.5 Å². The van der Waals surface area contributed by atoms with Gasteiger partial charge in [-0.05, 0) is 50.4 Å². The highest BCUT2D eigenvalue weighted by Crippen LogP contribution is 2.59. The number of carbonyl (C=O) groups excluding carboxylic acids is 2. The average molecular weight is 301 g/mol. The van der Waals surface area contributed by atoms with E-state index in [-0.39, 0.29) is 23.0 Å². The molecule has 0 aliphatic heterocycles. The smallest absolute Gasteiger partial charge is 0.325 e. The zero-order valence-electron chi connectivity index (χ0n) is 11.7. The number of ether oxygens (including phenoxy) is 1. The van der Waals surface area contributed by atoms with Crippen LogP contribution in [0.3, 0.4) is 0 Å². The molecule has 4 bridgehead atoms. The molecule has 5 nitrogen and oxygen atoms in total. The summed E-state index contributed by atoms with van der Waals surface area (Å²) in [4.78, 5) is 22.9. The van der Waals surface area contributed by atoms with Crippen LogP contribution in [0.15, 0.2) is 0 Å². The third-order valence-corrected chi connectivity index (χ3v) is 5.43. The molecule has 2 amide bonds. The maximum Gasteiger partial charge on any atom is 0.325 e. The maximum atomic E-state index is 12.0. The van der Waals surface area contributed by atoms with E-state index in [2.05, 4.69) is 15.4 Å². The van der Waals surface area contributed by atoms with E-state index in [4.69, 9.17) is 11.6 Å². The molecule has 2 atom stereocenters. The minimum atomic E-state index is -0.445. The zero-order chi connectivity index (χ0) is 14.4. The lowest BCUT2D eigenvalue weighted by Gasteiger charge is -2.60. The van der Waals surface area contributed by atoms with Gasteiger partial charge in [0, 0.05) is 10.4 Å². The van der Waals surface area contributed by atoms with Crippen molar-refractivity contribution in [1.29, 1.82) is 0 Å². The van der Waals surface area contributed by atoms with Crippen molar-refractivity contribution >= 4 is 23.6 Å². The molecule has 20 heavy (non-hydrogen) atoms. The summed E-state index contributed by atoms with van der Waals surface area (Å²) in [6.45, 7) is -0.0999. The molecule has 112 valence electrons. The van der Waals surface area contributed by atoms with Gasteiger partial charge < -0.3 is 15.4 Å². The number of amides is 2. The van der Waals surface area contributed by atoms with Gasteiger partial charge in [-0.1, -0.05) is 0 Å². The van der Waals surface area contributed by atoms with E-state index < -0.39 is 5.97 Å². The lowest BCUT2D eigenvalue weighted by molar-refractivity contribution is -0.139. The van der Waals surface area contributed by atoms with Crippen LogP contribution in [-0.2, 0) is 9.53 Å². The van der Waals surface area contributed by atoms with Crippen molar-refractivity contribution in [2.24, 2.45) is 11.8 Å². The number of rotatable bonds is 3. The number of nitrogens with one attached hydrogen (secondary N) is 2. The Bertz CT molecular complexity index is 426. The van der Waals surface area contributed by atoms with Crippen LogP contribution >= 0.6 is 11.6 Å². The summed E-state index contributed by atoms with van der Waals surface area (Å²) in [5.74, 6) is 0.823. The number of carbonyl (C=O) groups is 2. The van der Waals surface area contributed by atoms with E-state index in [9.17, 15) is 9.59 Å². The number of hydrogen-bond acceptors (Lipinski definition) is 3. The highest BCUT2D eigenvalue weighted by atomic mass is 35.5. The van der Waals surface area contributed by atoms with Crippen LogP contribution in [0.25, 0.3) is 0 Å². The summed E-state index contributed by atoms with van der Waals surface area (Å²) in [7, 11) is 1.30. The first-order valence-corrected chi connectivity index (χ1v) is 7.62. The third-order valence-electron chi connectivity index (χ3n) is 4.99. The molecule has 4 fully saturated rings. The van der Waals surface area contributed by atoms with Crippen molar-refractivity contribution < 1.29 is 14.3 Å². The Kier molecular flexibility index (Phi) is 3.35. The lowest BCUT2D eigenvalue weighted by atomic mass is 9.52. The van der Waals surface area contributed by atoms with E-state index in [0.717, 1.165) is 32.1 Å². The molecule has 0 aromatic carbocycles. The predicted octanol–water partition coefficient (Wildman–Crippen LogP) is 1.79. The van der Waals surface area contributed by atoms with Crippen LogP contribution in [0.2, 0.25) is 0 Å². The number of urea groups is 1. The van der Waals surface area contributed by atoms with Crippen molar-refractivity contribution in [2.75, 3.05) is 13.7 Å². The molecule has 4 rings (SSSR count). The fourth-order valence-electron chi connectivity index (χ4n) is 4.81. The van der Waals surface area contributed by atoms with Crippen LogP contribution in [-0.4, -0.2) is 36.1 Å². The van der Waals surface area contributed by atoms with Crippen LogP contribution in [0.5, 0.6) is 0 Å². The molecule has 0 saturated heterocycles. The summed E-state index contributed by atoms with van der Waals surface area (Å²) in [6.07, 6.45) is 6.30. The van der Waals surface area contributed by atoms with Gasteiger partial charge in [-0.3, -0.25) is 4.79 Å². The Morgan fingerprint density at radius 1 is 1.25 bits per heavy atom. The van der Waals surface area contributed by atoms with Gasteiger partial charge in [0.25, 0.3) is 0 Å². The molecule has 6 heteroatoms. The second kappa shape index (κ2) is 4.79. The van der Waals surface area contributed by atoms with E-state index in [1.54, 1.807) is 0 Å². The molecule has 4 aliphatic carbocycles. The first-order chi connectivity index (χ1) is 9.42. The van der Waals surface area contributed by atoms with Crippen LogP contribution in [0.4, 0.5) is 4.79 Å². The van der Waals surface area contributed by atoms with Gasteiger partial charge in [0.2, 0.25) is 0 Å². The van der Waals surface area contributed by atoms with E-state index >= 15 is 0 Å². The fraction of sp³-hybridized carbons (Fsp3) is 0.857. The Morgan fingerprint density at radius 3 is 2.45 bits per heavy atom. The van der Waals surface area contributed by atoms with Crippen LogP contribution in [0.1, 0.15) is 38.5 Å². The molecule has 0 radical (unpaired) electrons. The van der Waals surface area contributed by atoms with Gasteiger partial charge >= 0.3 is 12.0 Å². The average Bonchev–Trinajstić information content (AvgIpc) is 2.32. The normalized spacial score (nSPS) is 41.3. The second-order valence-corrected chi connectivity index (χ2v) is 7.58. The number of alkyl halides is 1. The second-order valence-electron chi connectivity index (χ2n) is 6.78. The number of esters is 1. The summed E-state index contributed by atoms with van der Waals surface area (Å²) >= 11 is 6.71. The summed E-state index contributed by atoms with van der Waals surface area (Å²) in [6, 6.07) is -0.294. The van der Waals surface area contributed by atoms with Gasteiger partial charge in [-0.2, -0.15) is 0 Å². The minimum absolute atomic E-state index is 0.0999. The van der Waals surface area contributed by atoms with Crippen LogP contribution in [0, 0.1) is 11.8 Å². The summed E-state index contributed by atoms with van der Waals surface area (Å²) in [5.41, 5.74) is -0.175. The predicted molar refractivity (Wildman–Crippen MR) is 74.5 cm³/mol. The summed E-state index contributed by atoms with van der Waals surface area (Å²) < 4.78 is 4.51. The molecular weight excluding hydrogens is 280 g/mol. The Labute approximate surface area is 123 Å². The van der Waals surface area contributed by atoms with E-state index in [0.29, 0.717) is 11.8 Å². The molecule has 0 unspecified atom stereocenters. The molecular formula is C14H21ClN2O3. The van der Waals surface area contributed by atoms with Crippen molar-refractivity contribution in [3.8, 4) is 0 Å². The highest BCUT2D eigenvalue weighted by molar-refractivity contribution is 6.24. The molecule has 4 saturated carbocycles.